The van der Waals surface area contributed by atoms with Crippen molar-refractivity contribution in [1.82, 2.24) is 0 Å². The Labute approximate surface area is 181 Å². The number of rotatable bonds is 6. The molecule has 0 atom stereocenters. The second-order valence-corrected chi connectivity index (χ2v) is 11.5. The Morgan fingerprint density at radius 3 is 1.53 bits per heavy atom. The summed E-state index contributed by atoms with van der Waals surface area (Å²) in [5, 5.41) is 15.7. The summed E-state index contributed by atoms with van der Waals surface area (Å²) < 4.78 is 0. The van der Waals surface area contributed by atoms with Crippen LogP contribution in [0.5, 0.6) is 0 Å². The van der Waals surface area contributed by atoms with Gasteiger partial charge in [-0.25, -0.2) is 0 Å². The van der Waals surface area contributed by atoms with Gasteiger partial charge in [-0.2, -0.15) is 0 Å². The summed E-state index contributed by atoms with van der Waals surface area (Å²) in [5.41, 5.74) is 0.862. The predicted molar refractivity (Wildman–Crippen MR) is 128 cm³/mol. The van der Waals surface area contributed by atoms with Crippen molar-refractivity contribution in [2.45, 2.75) is 6.16 Å². The molecule has 0 saturated heterocycles. The Morgan fingerprint density at radius 2 is 1.13 bits per heavy atom. The molecule has 0 radical (unpaired) electrons. The standard InChI is InChI=1S/C25H21ClNO2P/c26-25-17-16-21(27(28)29)18-20(25)19-30(22-10-4-1-5-11-22,23-12-6-2-7-13-23)24-14-8-3-9-15-24/h1-18,30H,19H2. The second kappa shape index (κ2) is 8.79. The van der Waals surface area contributed by atoms with E-state index in [0.717, 1.165) is 5.56 Å². The van der Waals surface area contributed by atoms with Gasteiger partial charge in [0.05, 0.1) is 0 Å². The van der Waals surface area contributed by atoms with Gasteiger partial charge in [-0.3, -0.25) is 0 Å². The average molecular weight is 434 g/mol. The SMILES string of the molecule is O=[N+]([O-])c1ccc(Cl)c(C[PH](c2ccccc2)(c2ccccc2)c2ccccc2)c1. The molecule has 3 nitrogen and oxygen atoms in total. The molecule has 0 aliphatic rings. The maximum atomic E-state index is 11.4. The second-order valence-electron chi connectivity index (χ2n) is 7.21. The van der Waals surface area contributed by atoms with E-state index >= 15 is 0 Å². The summed E-state index contributed by atoms with van der Waals surface area (Å²) in [6.45, 7) is 0. The average Bonchev–Trinajstić information content (AvgIpc) is 2.80. The topological polar surface area (TPSA) is 43.1 Å². The molecule has 150 valence electrons. The van der Waals surface area contributed by atoms with Gasteiger partial charge in [-0.05, 0) is 0 Å². The van der Waals surface area contributed by atoms with Gasteiger partial charge in [0.1, 0.15) is 0 Å². The molecule has 0 aliphatic heterocycles. The zero-order valence-corrected chi connectivity index (χ0v) is 18.0. The molecule has 4 aromatic carbocycles. The molecule has 0 saturated carbocycles. The number of nitro benzene ring substituents is 1. The number of nitro groups is 1. The molecule has 0 N–H and O–H groups in total. The first kappa shape index (κ1) is 20.3. The van der Waals surface area contributed by atoms with Crippen molar-refractivity contribution >= 4 is 40.5 Å². The molecule has 0 amide bonds. The molecule has 0 unspecified atom stereocenters. The van der Waals surface area contributed by atoms with Crippen LogP contribution >= 0.6 is 18.9 Å². The summed E-state index contributed by atoms with van der Waals surface area (Å²) in [6, 6.07) is 36.1. The van der Waals surface area contributed by atoms with Crippen molar-refractivity contribution in [3.63, 3.8) is 0 Å². The molecular formula is C25H21ClNO2P. The first-order valence-electron chi connectivity index (χ1n) is 9.70. The van der Waals surface area contributed by atoms with Crippen LogP contribution in [0.4, 0.5) is 5.69 Å². The summed E-state index contributed by atoms with van der Waals surface area (Å²) in [5.74, 6) is 0. The van der Waals surface area contributed by atoms with Crippen molar-refractivity contribution in [3.05, 3.63) is 130 Å². The molecule has 4 rings (SSSR count). The van der Waals surface area contributed by atoms with E-state index < -0.39 is 7.26 Å². The summed E-state index contributed by atoms with van der Waals surface area (Å²) in [6.07, 6.45) is 0.631. The van der Waals surface area contributed by atoms with E-state index in [1.807, 2.05) is 18.2 Å². The minimum absolute atomic E-state index is 0.0616. The number of benzene rings is 4. The monoisotopic (exact) mass is 433 g/mol. The fourth-order valence-electron chi connectivity index (χ4n) is 4.07. The molecule has 0 aliphatic carbocycles. The Balaban J connectivity index is 2.01. The minimum atomic E-state index is -2.56. The van der Waals surface area contributed by atoms with Crippen LogP contribution in [0.25, 0.3) is 0 Å². The van der Waals surface area contributed by atoms with Gasteiger partial charge in [-0.1, -0.05) is 0 Å². The van der Waals surface area contributed by atoms with E-state index in [4.69, 9.17) is 11.6 Å². The van der Waals surface area contributed by atoms with Gasteiger partial charge in [0.25, 0.3) is 0 Å². The summed E-state index contributed by atoms with van der Waals surface area (Å²) in [4.78, 5) is 11.0. The molecule has 30 heavy (non-hydrogen) atoms. The molecule has 0 fully saturated rings. The number of halogens is 1. The third-order valence-electron chi connectivity index (χ3n) is 5.50. The third kappa shape index (κ3) is 3.87. The van der Waals surface area contributed by atoms with Gasteiger partial charge >= 0.3 is 181 Å². The van der Waals surface area contributed by atoms with E-state index in [9.17, 15) is 10.1 Å². The molecule has 0 heterocycles. The maximum absolute atomic E-state index is 11.4. The van der Waals surface area contributed by atoms with E-state index in [-0.39, 0.29) is 10.6 Å². The van der Waals surface area contributed by atoms with E-state index in [1.165, 1.54) is 22.0 Å². The number of hydrogen-bond acceptors (Lipinski definition) is 2. The van der Waals surface area contributed by atoms with Crippen molar-refractivity contribution in [2.24, 2.45) is 0 Å². The number of nitrogens with zero attached hydrogens (tertiary/aromatic N) is 1. The van der Waals surface area contributed by atoms with Crippen LogP contribution in [0, 0.1) is 10.1 Å². The Bertz CT molecular complexity index is 1050. The first-order chi connectivity index (χ1) is 14.6. The Kier molecular flexibility index (Phi) is 5.94. The van der Waals surface area contributed by atoms with Crippen molar-refractivity contribution in [2.75, 3.05) is 0 Å². The van der Waals surface area contributed by atoms with Gasteiger partial charge in [0.15, 0.2) is 0 Å². The number of non-ortho nitro benzene ring substituents is 1. The Morgan fingerprint density at radius 1 is 0.700 bits per heavy atom. The third-order valence-corrected chi connectivity index (χ3v) is 10.7. The summed E-state index contributed by atoms with van der Waals surface area (Å²) in [7, 11) is -2.56. The molecule has 0 spiro atoms. The van der Waals surface area contributed by atoms with Crippen LogP contribution in [0.2, 0.25) is 5.02 Å². The van der Waals surface area contributed by atoms with Gasteiger partial charge < -0.3 is 0 Å². The van der Waals surface area contributed by atoms with Gasteiger partial charge in [0, 0.05) is 0 Å². The normalized spacial score (nSPS) is 11.8. The van der Waals surface area contributed by atoms with E-state index in [1.54, 1.807) is 12.1 Å². The quantitative estimate of drug-likeness (QED) is 0.230. The molecule has 0 aromatic heterocycles. The van der Waals surface area contributed by atoms with Crippen LogP contribution in [-0.4, -0.2) is 4.92 Å². The van der Waals surface area contributed by atoms with Crippen molar-refractivity contribution in [1.29, 1.82) is 0 Å². The summed E-state index contributed by atoms with van der Waals surface area (Å²) >= 11 is 6.57. The van der Waals surface area contributed by atoms with Crippen LogP contribution in [0.1, 0.15) is 5.56 Å². The fraction of sp³-hybridized carbons (Fsp3) is 0.0400. The number of hydrogen-bond donors (Lipinski definition) is 0. The van der Waals surface area contributed by atoms with Crippen molar-refractivity contribution in [3.8, 4) is 0 Å². The Hall–Kier alpha value is -3.00. The van der Waals surface area contributed by atoms with E-state index in [0.29, 0.717) is 11.2 Å². The first-order valence-corrected chi connectivity index (χ1v) is 12.3. The molecular weight excluding hydrogens is 413 g/mol. The fourth-order valence-corrected chi connectivity index (χ4v) is 9.13. The van der Waals surface area contributed by atoms with E-state index in [2.05, 4.69) is 72.8 Å². The predicted octanol–water partition coefficient (Wildman–Crippen LogP) is 5.47. The van der Waals surface area contributed by atoms with Crippen LogP contribution in [0.3, 0.4) is 0 Å². The van der Waals surface area contributed by atoms with Crippen LogP contribution in [-0.2, 0) is 6.16 Å². The van der Waals surface area contributed by atoms with Gasteiger partial charge in [0.2, 0.25) is 0 Å². The zero-order valence-electron chi connectivity index (χ0n) is 16.2. The molecule has 5 heteroatoms. The molecule has 0 bridgehead atoms. The van der Waals surface area contributed by atoms with Crippen LogP contribution < -0.4 is 15.9 Å². The van der Waals surface area contributed by atoms with Crippen molar-refractivity contribution < 1.29 is 4.92 Å². The zero-order chi connectivity index (χ0) is 21.0. The van der Waals surface area contributed by atoms with Gasteiger partial charge in [-0.15, -0.1) is 0 Å². The van der Waals surface area contributed by atoms with Crippen LogP contribution in [0.15, 0.2) is 109 Å². The molecule has 4 aromatic rings.